The fourth-order valence-corrected chi connectivity index (χ4v) is 2.88. The van der Waals surface area contributed by atoms with Crippen molar-refractivity contribution in [3.63, 3.8) is 0 Å². The van der Waals surface area contributed by atoms with Gasteiger partial charge in [0.1, 0.15) is 17.1 Å². The van der Waals surface area contributed by atoms with Gasteiger partial charge in [0.25, 0.3) is 0 Å². The van der Waals surface area contributed by atoms with Gasteiger partial charge in [-0.3, -0.25) is 0 Å². The largest absolute Gasteiger partial charge is 0.496 e. The average Bonchev–Trinajstić information content (AvgIpc) is 3.02. The third-order valence-corrected chi connectivity index (χ3v) is 4.16. The van der Waals surface area contributed by atoms with Gasteiger partial charge in [0.05, 0.1) is 33.0 Å². The number of esters is 1. The lowest BCUT2D eigenvalue weighted by Gasteiger charge is -2.13. The number of carbonyl (C=O) groups is 1. The Morgan fingerprint density at radius 3 is 2.38 bits per heavy atom. The maximum Gasteiger partial charge on any atom is 0.345 e. The number of hydrogen-bond acceptors (Lipinski definition) is 5. The summed E-state index contributed by atoms with van der Waals surface area (Å²) in [4.78, 5) is 12.0. The van der Waals surface area contributed by atoms with Crippen LogP contribution in [-0.2, 0) is 4.74 Å². The van der Waals surface area contributed by atoms with E-state index < -0.39 is 5.97 Å². The van der Waals surface area contributed by atoms with Crippen LogP contribution in [0.1, 0.15) is 10.4 Å². The number of ether oxygens (including phenoxy) is 3. The fourth-order valence-electron chi connectivity index (χ4n) is 2.55. The molecule has 0 aliphatic heterocycles. The van der Waals surface area contributed by atoms with Gasteiger partial charge in [-0.2, -0.15) is 5.10 Å². The minimum absolute atomic E-state index is 0.255. The molecule has 7 heteroatoms. The van der Waals surface area contributed by atoms with Crippen LogP contribution >= 0.6 is 15.9 Å². The molecule has 0 saturated heterocycles. The van der Waals surface area contributed by atoms with Gasteiger partial charge in [-0.1, -0.05) is 0 Å². The summed E-state index contributed by atoms with van der Waals surface area (Å²) in [5.74, 6) is 0.249. The summed E-state index contributed by atoms with van der Waals surface area (Å²) in [6.45, 7) is 0. The van der Waals surface area contributed by atoms with Crippen LogP contribution in [0.2, 0.25) is 0 Å². The second kappa shape index (κ2) is 6.52. The van der Waals surface area contributed by atoms with Crippen molar-refractivity contribution in [2.24, 2.45) is 0 Å². The summed E-state index contributed by atoms with van der Waals surface area (Å²) in [5.41, 5.74) is 2.91. The zero-order valence-electron chi connectivity index (χ0n) is 13.4. The molecule has 2 aromatic heterocycles. The first-order valence-electron chi connectivity index (χ1n) is 7.06. The van der Waals surface area contributed by atoms with Gasteiger partial charge in [0.15, 0.2) is 0 Å². The van der Waals surface area contributed by atoms with Crippen LogP contribution in [0, 0.1) is 0 Å². The first-order chi connectivity index (χ1) is 11.6. The van der Waals surface area contributed by atoms with E-state index in [4.69, 9.17) is 14.2 Å². The molecule has 6 nitrogen and oxygen atoms in total. The van der Waals surface area contributed by atoms with Gasteiger partial charge in [-0.25, -0.2) is 9.31 Å². The molecule has 1 aromatic carbocycles. The molecule has 0 aliphatic rings. The first kappa shape index (κ1) is 16.3. The molecule has 0 aliphatic carbocycles. The number of fused-ring (bicyclic) bond motifs is 1. The zero-order chi connectivity index (χ0) is 17.3. The summed E-state index contributed by atoms with van der Waals surface area (Å²) < 4.78 is 18.2. The van der Waals surface area contributed by atoms with Crippen molar-refractivity contribution in [2.45, 2.75) is 0 Å². The molecule has 3 rings (SSSR count). The minimum atomic E-state index is -0.515. The second-order valence-electron chi connectivity index (χ2n) is 4.98. The highest BCUT2D eigenvalue weighted by molar-refractivity contribution is 9.10. The lowest BCUT2D eigenvalue weighted by atomic mass is 10.0. The highest BCUT2D eigenvalue weighted by atomic mass is 79.9. The van der Waals surface area contributed by atoms with Crippen molar-refractivity contribution in [3.05, 3.63) is 46.7 Å². The Labute approximate surface area is 147 Å². The van der Waals surface area contributed by atoms with Crippen molar-refractivity contribution in [1.29, 1.82) is 0 Å². The Hall–Kier alpha value is -2.54. The van der Waals surface area contributed by atoms with E-state index in [9.17, 15) is 4.79 Å². The predicted molar refractivity (Wildman–Crippen MR) is 92.8 cm³/mol. The number of halogens is 1. The van der Waals surface area contributed by atoms with Crippen LogP contribution in [-0.4, -0.2) is 36.9 Å². The summed E-state index contributed by atoms with van der Waals surface area (Å²) in [7, 11) is 4.31. The molecule has 0 fully saturated rings. The minimum Gasteiger partial charge on any atom is -0.496 e. The lowest BCUT2D eigenvalue weighted by Crippen LogP contribution is -2.07. The van der Waals surface area contributed by atoms with Gasteiger partial charge < -0.3 is 14.2 Å². The van der Waals surface area contributed by atoms with E-state index in [0.717, 1.165) is 21.1 Å². The standard InChI is InChI=1S/C17H15BrN2O4/c1-22-14-6-10(7-15(23-2)16(14)17(21)24-3)12-8-19-20-9-11(18)4-5-13(12)20/h4-9H,1-3H3. The van der Waals surface area contributed by atoms with Crippen molar-refractivity contribution in [1.82, 2.24) is 9.61 Å². The van der Waals surface area contributed by atoms with Crippen molar-refractivity contribution in [2.75, 3.05) is 21.3 Å². The van der Waals surface area contributed by atoms with Crippen LogP contribution < -0.4 is 9.47 Å². The smallest absolute Gasteiger partial charge is 0.345 e. The maximum absolute atomic E-state index is 12.0. The fraction of sp³-hybridized carbons (Fsp3) is 0.176. The topological polar surface area (TPSA) is 62.1 Å². The highest BCUT2D eigenvalue weighted by Crippen LogP contribution is 2.37. The van der Waals surface area contributed by atoms with E-state index in [-0.39, 0.29) is 5.56 Å². The lowest BCUT2D eigenvalue weighted by molar-refractivity contribution is 0.0593. The summed E-state index contributed by atoms with van der Waals surface area (Å²) >= 11 is 3.42. The van der Waals surface area contributed by atoms with E-state index in [1.54, 1.807) is 22.8 Å². The van der Waals surface area contributed by atoms with E-state index in [1.807, 2.05) is 18.3 Å². The second-order valence-corrected chi connectivity index (χ2v) is 5.90. The van der Waals surface area contributed by atoms with E-state index in [0.29, 0.717) is 11.5 Å². The van der Waals surface area contributed by atoms with Crippen molar-refractivity contribution in [3.8, 4) is 22.6 Å². The molecule has 3 aromatic rings. The van der Waals surface area contributed by atoms with Crippen LogP contribution in [0.5, 0.6) is 11.5 Å². The number of methoxy groups -OCH3 is 3. The van der Waals surface area contributed by atoms with E-state index >= 15 is 0 Å². The van der Waals surface area contributed by atoms with E-state index in [1.165, 1.54) is 21.3 Å². The van der Waals surface area contributed by atoms with Gasteiger partial charge in [-0.05, 0) is 45.8 Å². The Bertz CT molecular complexity index is 895. The number of rotatable bonds is 4. The molecule has 124 valence electrons. The third-order valence-electron chi connectivity index (χ3n) is 3.69. The van der Waals surface area contributed by atoms with Crippen LogP contribution in [0.4, 0.5) is 0 Å². The van der Waals surface area contributed by atoms with Gasteiger partial charge in [0.2, 0.25) is 0 Å². The van der Waals surface area contributed by atoms with Crippen molar-refractivity contribution < 1.29 is 19.0 Å². The monoisotopic (exact) mass is 390 g/mol. The number of aromatic nitrogens is 2. The summed E-state index contributed by atoms with van der Waals surface area (Å²) in [6, 6.07) is 7.44. The molecule has 0 unspecified atom stereocenters. The first-order valence-corrected chi connectivity index (χ1v) is 7.86. The zero-order valence-corrected chi connectivity index (χ0v) is 15.0. The van der Waals surface area contributed by atoms with Crippen LogP contribution in [0.15, 0.2) is 41.1 Å². The number of hydrogen-bond donors (Lipinski definition) is 0. The normalized spacial score (nSPS) is 10.7. The average molecular weight is 391 g/mol. The number of pyridine rings is 1. The van der Waals surface area contributed by atoms with Crippen LogP contribution in [0.25, 0.3) is 16.6 Å². The quantitative estimate of drug-likeness (QED) is 0.637. The van der Waals surface area contributed by atoms with Gasteiger partial charge >= 0.3 is 5.97 Å². The Morgan fingerprint density at radius 2 is 1.79 bits per heavy atom. The Morgan fingerprint density at radius 1 is 1.12 bits per heavy atom. The molecule has 0 bridgehead atoms. The molecular formula is C17H15BrN2O4. The van der Waals surface area contributed by atoms with Gasteiger partial charge in [-0.15, -0.1) is 0 Å². The molecule has 0 radical (unpaired) electrons. The molecule has 2 heterocycles. The summed E-state index contributed by atoms with van der Waals surface area (Å²) in [5, 5.41) is 4.35. The molecule has 0 spiro atoms. The third kappa shape index (κ3) is 2.71. The molecule has 0 atom stereocenters. The molecule has 0 saturated carbocycles. The number of benzene rings is 1. The number of nitrogens with zero attached hydrogens (tertiary/aromatic N) is 2. The SMILES string of the molecule is COC(=O)c1c(OC)cc(-c2cnn3cc(Br)ccc23)cc1OC. The highest BCUT2D eigenvalue weighted by Gasteiger charge is 2.22. The molecular weight excluding hydrogens is 376 g/mol. The maximum atomic E-state index is 12.0. The number of carbonyl (C=O) groups excluding carboxylic acids is 1. The molecule has 0 N–H and O–H groups in total. The molecule has 24 heavy (non-hydrogen) atoms. The van der Waals surface area contributed by atoms with E-state index in [2.05, 4.69) is 21.0 Å². The van der Waals surface area contributed by atoms with Crippen molar-refractivity contribution >= 4 is 27.4 Å². The van der Waals surface area contributed by atoms with Crippen LogP contribution in [0.3, 0.4) is 0 Å². The predicted octanol–water partition coefficient (Wildman–Crippen LogP) is 3.57. The summed E-state index contributed by atoms with van der Waals surface area (Å²) in [6.07, 6.45) is 3.63. The Kier molecular flexibility index (Phi) is 4.44. The molecule has 0 amide bonds. The Balaban J connectivity index is 2.22. The van der Waals surface area contributed by atoms with Gasteiger partial charge in [0, 0.05) is 16.2 Å².